The number of halogens is 1. The predicted octanol–water partition coefficient (Wildman–Crippen LogP) is 3.82. The molecule has 2 amide bonds. The molecule has 1 saturated heterocycles. The molecule has 1 aliphatic heterocycles. The van der Waals surface area contributed by atoms with Gasteiger partial charge in [-0.2, -0.15) is 0 Å². The maximum absolute atomic E-state index is 12.8. The van der Waals surface area contributed by atoms with Crippen molar-refractivity contribution in [2.75, 3.05) is 13.1 Å². The molecule has 2 heterocycles. The zero-order valence-electron chi connectivity index (χ0n) is 15.4. The Morgan fingerprint density at radius 3 is 2.26 bits per heavy atom. The Morgan fingerprint density at radius 2 is 1.70 bits per heavy atom. The molecule has 0 unspecified atom stereocenters. The van der Waals surface area contributed by atoms with Crippen molar-refractivity contribution >= 4 is 46.8 Å². The van der Waals surface area contributed by atoms with Crippen molar-refractivity contribution in [2.45, 2.75) is 20.8 Å². The number of amides is 2. The molecule has 0 aliphatic carbocycles. The summed E-state index contributed by atoms with van der Waals surface area (Å²) in [5, 5.41) is 0.914. The summed E-state index contributed by atoms with van der Waals surface area (Å²) < 4.78 is 1.89. The second-order valence-electron chi connectivity index (χ2n) is 6.18. The lowest BCUT2D eigenvalue weighted by molar-refractivity contribution is -0.133. The molecule has 0 N–H and O–H groups in total. The van der Waals surface area contributed by atoms with Crippen LogP contribution in [0.25, 0.3) is 11.8 Å². The summed E-state index contributed by atoms with van der Waals surface area (Å²) in [6.07, 6.45) is 3.48. The SMILES string of the molecule is CCN1C(=O)C(=Cc2cccn2-c2ccc(C)c(Cl)c2)C(=O)N(CC)C1=S. The summed E-state index contributed by atoms with van der Waals surface area (Å²) in [5.74, 6) is -0.737. The van der Waals surface area contributed by atoms with E-state index in [1.54, 1.807) is 6.08 Å². The quantitative estimate of drug-likeness (QED) is 0.444. The number of benzene rings is 1. The summed E-state index contributed by atoms with van der Waals surface area (Å²) in [6, 6.07) is 9.44. The van der Waals surface area contributed by atoms with Gasteiger partial charge >= 0.3 is 0 Å². The van der Waals surface area contributed by atoms with E-state index in [-0.39, 0.29) is 22.5 Å². The minimum absolute atomic E-state index is 0.102. The number of carbonyl (C=O) groups excluding carboxylic acids is 2. The van der Waals surface area contributed by atoms with E-state index in [0.29, 0.717) is 23.8 Å². The minimum atomic E-state index is -0.369. The van der Waals surface area contributed by atoms with Crippen LogP contribution in [-0.2, 0) is 9.59 Å². The number of rotatable bonds is 4. The molecule has 27 heavy (non-hydrogen) atoms. The number of hydrogen-bond acceptors (Lipinski definition) is 3. The molecule has 1 fully saturated rings. The predicted molar refractivity (Wildman–Crippen MR) is 111 cm³/mol. The third-order valence-corrected chi connectivity index (χ3v) is 5.40. The molecule has 1 aromatic carbocycles. The summed E-state index contributed by atoms with van der Waals surface area (Å²) >= 11 is 11.5. The van der Waals surface area contributed by atoms with Crippen molar-refractivity contribution < 1.29 is 9.59 Å². The van der Waals surface area contributed by atoms with Crippen LogP contribution in [0.5, 0.6) is 0 Å². The van der Waals surface area contributed by atoms with E-state index in [1.165, 1.54) is 9.80 Å². The van der Waals surface area contributed by atoms with E-state index in [9.17, 15) is 9.59 Å². The van der Waals surface area contributed by atoms with Gasteiger partial charge in [-0.15, -0.1) is 0 Å². The van der Waals surface area contributed by atoms with Crippen LogP contribution < -0.4 is 0 Å². The number of nitrogens with zero attached hydrogens (tertiary/aromatic N) is 3. The van der Waals surface area contributed by atoms with E-state index in [0.717, 1.165) is 11.3 Å². The molecule has 2 aromatic rings. The van der Waals surface area contributed by atoms with Gasteiger partial charge in [-0.25, -0.2) is 0 Å². The van der Waals surface area contributed by atoms with Crippen molar-refractivity contribution in [3.63, 3.8) is 0 Å². The van der Waals surface area contributed by atoms with Gasteiger partial charge in [-0.3, -0.25) is 19.4 Å². The Labute approximate surface area is 168 Å². The number of likely N-dealkylation sites (N-methyl/N-ethyl adjacent to an activating group) is 2. The van der Waals surface area contributed by atoms with Gasteiger partial charge < -0.3 is 4.57 Å². The average Bonchev–Trinajstić information content (AvgIpc) is 3.10. The Morgan fingerprint density at radius 1 is 1.07 bits per heavy atom. The van der Waals surface area contributed by atoms with Gasteiger partial charge in [0.15, 0.2) is 5.11 Å². The maximum atomic E-state index is 12.8. The number of hydrogen-bond donors (Lipinski definition) is 0. The van der Waals surface area contributed by atoms with Crippen LogP contribution in [0, 0.1) is 6.92 Å². The largest absolute Gasteiger partial charge is 0.317 e. The van der Waals surface area contributed by atoms with Crippen molar-refractivity contribution in [3.05, 3.63) is 58.4 Å². The van der Waals surface area contributed by atoms with Gasteiger partial charge in [0.25, 0.3) is 11.8 Å². The molecule has 7 heteroatoms. The van der Waals surface area contributed by atoms with Crippen molar-refractivity contribution in [3.8, 4) is 5.69 Å². The summed E-state index contributed by atoms with van der Waals surface area (Å²) in [4.78, 5) is 28.5. The van der Waals surface area contributed by atoms with Crippen LogP contribution in [0.2, 0.25) is 5.02 Å². The van der Waals surface area contributed by atoms with Crippen LogP contribution in [0.3, 0.4) is 0 Å². The second-order valence-corrected chi connectivity index (χ2v) is 6.95. The third-order valence-electron chi connectivity index (χ3n) is 4.55. The van der Waals surface area contributed by atoms with E-state index >= 15 is 0 Å². The third kappa shape index (κ3) is 3.42. The fourth-order valence-electron chi connectivity index (χ4n) is 3.01. The number of carbonyl (C=O) groups is 2. The number of aryl methyl sites for hydroxylation is 1. The van der Waals surface area contributed by atoms with Crippen molar-refractivity contribution in [2.24, 2.45) is 0 Å². The maximum Gasteiger partial charge on any atom is 0.265 e. The first-order valence-corrected chi connectivity index (χ1v) is 9.50. The van der Waals surface area contributed by atoms with E-state index < -0.39 is 0 Å². The first-order valence-electron chi connectivity index (χ1n) is 8.72. The van der Waals surface area contributed by atoms with Gasteiger partial charge in [0, 0.05) is 35.7 Å². The van der Waals surface area contributed by atoms with Crippen LogP contribution in [-0.4, -0.2) is 44.4 Å². The Hall–Kier alpha value is -2.44. The fourth-order valence-corrected chi connectivity index (χ4v) is 3.61. The molecule has 1 aromatic heterocycles. The Balaban J connectivity index is 2.07. The highest BCUT2D eigenvalue weighted by molar-refractivity contribution is 7.80. The lowest BCUT2D eigenvalue weighted by atomic mass is 10.1. The summed E-state index contributed by atoms with van der Waals surface area (Å²) in [6.45, 7) is 6.43. The average molecular weight is 402 g/mol. The highest BCUT2D eigenvalue weighted by Gasteiger charge is 2.37. The van der Waals surface area contributed by atoms with E-state index in [4.69, 9.17) is 23.8 Å². The van der Waals surface area contributed by atoms with Crippen LogP contribution in [0.15, 0.2) is 42.1 Å². The van der Waals surface area contributed by atoms with Crippen molar-refractivity contribution in [1.29, 1.82) is 0 Å². The number of aromatic nitrogens is 1. The molecule has 5 nitrogen and oxygen atoms in total. The summed E-state index contributed by atoms with van der Waals surface area (Å²) in [5.41, 5.74) is 2.65. The summed E-state index contributed by atoms with van der Waals surface area (Å²) in [7, 11) is 0. The molecular weight excluding hydrogens is 382 g/mol. The fraction of sp³-hybridized carbons (Fsp3) is 0.250. The second kappa shape index (κ2) is 7.66. The molecule has 1 aliphatic rings. The molecule has 0 bridgehead atoms. The van der Waals surface area contributed by atoms with Gasteiger partial charge in [-0.1, -0.05) is 17.7 Å². The van der Waals surface area contributed by atoms with Crippen LogP contribution in [0.4, 0.5) is 0 Å². The first kappa shape index (κ1) is 19.3. The van der Waals surface area contributed by atoms with Crippen molar-refractivity contribution in [1.82, 2.24) is 14.4 Å². The van der Waals surface area contributed by atoms with Crippen LogP contribution >= 0.6 is 23.8 Å². The molecule has 0 spiro atoms. The lowest BCUT2D eigenvalue weighted by Crippen LogP contribution is -2.55. The van der Waals surface area contributed by atoms with Crippen LogP contribution in [0.1, 0.15) is 25.1 Å². The first-order chi connectivity index (χ1) is 12.9. The van der Waals surface area contributed by atoms with Gasteiger partial charge in [0.05, 0.1) is 0 Å². The smallest absolute Gasteiger partial charge is 0.265 e. The van der Waals surface area contributed by atoms with Gasteiger partial charge in [0.2, 0.25) is 0 Å². The standard InChI is InChI=1S/C20H20ClN3O2S/c1-4-22-18(25)16(19(26)23(5-2)20(22)27)11-14-7-6-10-24(14)15-9-8-13(3)17(21)12-15/h6-12H,4-5H2,1-3H3. The van der Waals surface area contributed by atoms with Gasteiger partial charge in [0.1, 0.15) is 5.57 Å². The molecule has 140 valence electrons. The lowest BCUT2D eigenvalue weighted by Gasteiger charge is -2.35. The number of thiocarbonyl (C=S) groups is 1. The highest BCUT2D eigenvalue weighted by Crippen LogP contribution is 2.24. The van der Waals surface area contributed by atoms with E-state index in [2.05, 4.69) is 0 Å². The molecule has 0 radical (unpaired) electrons. The molecular formula is C20H20ClN3O2S. The van der Waals surface area contributed by atoms with Gasteiger partial charge in [-0.05, 0) is 68.9 Å². The minimum Gasteiger partial charge on any atom is -0.317 e. The zero-order chi connectivity index (χ0) is 19.7. The molecule has 0 saturated carbocycles. The normalized spacial score (nSPS) is 15.0. The molecule has 0 atom stereocenters. The molecule has 3 rings (SSSR count). The Bertz CT molecular complexity index is 936. The topological polar surface area (TPSA) is 45.6 Å². The van der Waals surface area contributed by atoms with E-state index in [1.807, 2.05) is 61.9 Å². The zero-order valence-corrected chi connectivity index (χ0v) is 17.0. The Kier molecular flexibility index (Phi) is 5.48. The monoisotopic (exact) mass is 401 g/mol. The highest BCUT2D eigenvalue weighted by atomic mass is 35.5.